The number of hydrogen-bond donors (Lipinski definition) is 0. The number of fused-ring (bicyclic) bond motifs is 1. The van der Waals surface area contributed by atoms with E-state index in [1.807, 2.05) is 0 Å². The van der Waals surface area contributed by atoms with E-state index < -0.39 is 0 Å². The lowest BCUT2D eigenvalue weighted by molar-refractivity contribution is -0.140. The quantitative estimate of drug-likeness (QED) is 0.466. The Morgan fingerprint density at radius 1 is 1.04 bits per heavy atom. The fourth-order valence-electron chi connectivity index (χ4n) is 3.90. The number of halogens is 2. The average Bonchev–Trinajstić information content (AvgIpc) is 2.82. The minimum atomic E-state index is -0.246. The van der Waals surface area contributed by atoms with Crippen LogP contribution in [0.15, 0.2) is 35.5 Å². The van der Waals surface area contributed by atoms with E-state index in [0.717, 1.165) is 17.9 Å². The maximum atomic E-state index is 12.6. The topological polar surface area (TPSA) is 49.7 Å². The number of hydrogen-bond acceptors (Lipinski definition) is 3. The maximum Gasteiger partial charge on any atom is 0.254 e. The van der Waals surface area contributed by atoms with Crippen molar-refractivity contribution in [3.05, 3.63) is 46.0 Å². The molecule has 1 saturated heterocycles. The number of carbonyl (C=O) groups is 2. The highest BCUT2D eigenvalue weighted by Crippen LogP contribution is 2.49. The second-order valence-electron chi connectivity index (χ2n) is 6.24. The molecule has 5 rings (SSSR count). The predicted octanol–water partition coefficient (Wildman–Crippen LogP) is 3.52. The third-order valence-electron chi connectivity index (χ3n) is 5.01. The van der Waals surface area contributed by atoms with Gasteiger partial charge in [-0.2, -0.15) is 10.1 Å². The van der Waals surface area contributed by atoms with Crippen LogP contribution in [0.2, 0.25) is 10.0 Å². The van der Waals surface area contributed by atoms with Crippen LogP contribution in [0.5, 0.6) is 0 Å². The highest BCUT2D eigenvalue weighted by molar-refractivity contribution is 6.36. The van der Waals surface area contributed by atoms with Crippen molar-refractivity contribution in [3.63, 3.8) is 0 Å². The molecule has 1 aromatic carbocycles. The van der Waals surface area contributed by atoms with Crippen LogP contribution in [-0.2, 0) is 9.59 Å². The molecule has 1 heterocycles. The number of allylic oxidation sites excluding steroid dienone is 2. The number of benzene rings is 1. The van der Waals surface area contributed by atoms with E-state index in [-0.39, 0.29) is 35.5 Å². The van der Waals surface area contributed by atoms with Gasteiger partial charge in [0.25, 0.3) is 11.8 Å². The van der Waals surface area contributed by atoms with Crippen molar-refractivity contribution in [1.82, 2.24) is 5.01 Å². The van der Waals surface area contributed by atoms with E-state index in [9.17, 15) is 9.59 Å². The predicted molar refractivity (Wildman–Crippen MR) is 88.2 cm³/mol. The van der Waals surface area contributed by atoms with Crippen molar-refractivity contribution in [2.75, 3.05) is 0 Å². The molecule has 1 saturated carbocycles. The summed E-state index contributed by atoms with van der Waals surface area (Å²) in [6, 6.07) is 4.99. The summed E-state index contributed by atoms with van der Waals surface area (Å²) in [5, 5.41) is 6.10. The molecule has 0 aromatic heterocycles. The molecular weight excluding hydrogens is 335 g/mol. The summed E-state index contributed by atoms with van der Waals surface area (Å²) in [6.45, 7) is 0. The lowest BCUT2D eigenvalue weighted by atomic mass is 9.63. The molecule has 1 aliphatic heterocycles. The molecule has 4 unspecified atom stereocenters. The molecule has 2 bridgehead atoms. The monoisotopic (exact) mass is 348 g/mol. The van der Waals surface area contributed by atoms with E-state index in [1.165, 1.54) is 6.21 Å². The molecule has 4 aliphatic rings. The van der Waals surface area contributed by atoms with Gasteiger partial charge in [0.2, 0.25) is 0 Å². The van der Waals surface area contributed by atoms with Crippen LogP contribution < -0.4 is 0 Å². The van der Waals surface area contributed by atoms with Gasteiger partial charge >= 0.3 is 0 Å². The molecule has 3 aliphatic carbocycles. The number of nitrogens with zero attached hydrogens (tertiary/aromatic N) is 2. The van der Waals surface area contributed by atoms with Crippen molar-refractivity contribution in [2.45, 2.75) is 12.8 Å². The molecule has 0 N–H and O–H groups in total. The summed E-state index contributed by atoms with van der Waals surface area (Å²) in [4.78, 5) is 25.2. The Morgan fingerprint density at radius 3 is 2.17 bits per heavy atom. The molecule has 0 radical (unpaired) electrons. The third-order valence-corrected chi connectivity index (χ3v) is 5.57. The molecular formula is C17H14Cl2N2O2. The summed E-state index contributed by atoms with van der Waals surface area (Å²) < 4.78 is 0. The van der Waals surface area contributed by atoms with Gasteiger partial charge in [0.05, 0.1) is 23.1 Å². The number of hydrazone groups is 1. The fourth-order valence-corrected chi connectivity index (χ4v) is 4.36. The standard InChI is InChI=1S/C17H14Cl2N2O2/c18-12-6-5-11(13(19)7-12)8-20-21-16(22)14-9-1-2-10(4-3-9)15(14)17(21)23/h1-2,5-10,14-15H,3-4H2/b20-8+. The smallest absolute Gasteiger partial charge is 0.254 e. The summed E-state index contributed by atoms with van der Waals surface area (Å²) in [6.07, 6.45) is 7.57. The first-order valence-corrected chi connectivity index (χ1v) is 8.37. The highest BCUT2D eigenvalue weighted by Gasteiger charge is 2.56. The Bertz CT molecular complexity index is 727. The average molecular weight is 349 g/mol. The second-order valence-corrected chi connectivity index (χ2v) is 7.08. The first kappa shape index (κ1) is 14.9. The molecule has 2 fully saturated rings. The van der Waals surface area contributed by atoms with Crippen molar-refractivity contribution in [3.8, 4) is 0 Å². The Kier molecular flexibility index (Phi) is 3.54. The van der Waals surface area contributed by atoms with E-state index in [1.54, 1.807) is 18.2 Å². The molecule has 2 amide bonds. The van der Waals surface area contributed by atoms with Crippen LogP contribution in [-0.4, -0.2) is 23.0 Å². The van der Waals surface area contributed by atoms with E-state index in [0.29, 0.717) is 15.6 Å². The van der Waals surface area contributed by atoms with Gasteiger partial charge in [-0.3, -0.25) is 9.59 Å². The molecule has 4 nitrogen and oxygen atoms in total. The van der Waals surface area contributed by atoms with Crippen LogP contribution in [0.4, 0.5) is 0 Å². The van der Waals surface area contributed by atoms with Crippen LogP contribution in [0.1, 0.15) is 18.4 Å². The first-order chi connectivity index (χ1) is 11.1. The Hall–Kier alpha value is -1.65. The molecule has 1 aromatic rings. The van der Waals surface area contributed by atoms with Crippen molar-refractivity contribution in [1.29, 1.82) is 0 Å². The zero-order valence-corrected chi connectivity index (χ0v) is 13.7. The highest BCUT2D eigenvalue weighted by atomic mass is 35.5. The summed E-state index contributed by atoms with van der Waals surface area (Å²) in [5.74, 6) is -0.546. The molecule has 4 atom stereocenters. The SMILES string of the molecule is O=C1C2C3C=CC(CC3)C2C(=O)N1/N=C/c1ccc(Cl)cc1Cl. The minimum Gasteiger partial charge on any atom is -0.272 e. The molecule has 0 spiro atoms. The van der Waals surface area contributed by atoms with Gasteiger partial charge < -0.3 is 0 Å². The van der Waals surface area contributed by atoms with Crippen LogP contribution in [0.3, 0.4) is 0 Å². The van der Waals surface area contributed by atoms with E-state index in [2.05, 4.69) is 17.3 Å². The Morgan fingerprint density at radius 2 is 1.65 bits per heavy atom. The van der Waals surface area contributed by atoms with Crippen LogP contribution >= 0.6 is 23.2 Å². The number of imide groups is 1. The fraction of sp³-hybridized carbons (Fsp3) is 0.353. The van der Waals surface area contributed by atoms with Gasteiger partial charge in [-0.25, -0.2) is 0 Å². The summed E-state index contributed by atoms with van der Waals surface area (Å²) >= 11 is 11.9. The zero-order chi connectivity index (χ0) is 16.1. The van der Waals surface area contributed by atoms with Crippen molar-refractivity contribution >= 4 is 41.2 Å². The van der Waals surface area contributed by atoms with Gasteiger partial charge in [0, 0.05) is 10.6 Å². The second kappa shape index (κ2) is 5.46. The number of carbonyl (C=O) groups excluding carboxylic acids is 2. The van der Waals surface area contributed by atoms with Gasteiger partial charge in [0.15, 0.2) is 0 Å². The van der Waals surface area contributed by atoms with Crippen molar-refractivity contribution in [2.24, 2.45) is 28.8 Å². The number of rotatable bonds is 2. The normalized spacial score (nSPS) is 32.2. The van der Waals surface area contributed by atoms with E-state index in [4.69, 9.17) is 23.2 Å². The largest absolute Gasteiger partial charge is 0.272 e. The Balaban J connectivity index is 1.62. The van der Waals surface area contributed by atoms with Crippen molar-refractivity contribution < 1.29 is 9.59 Å². The van der Waals surface area contributed by atoms with E-state index >= 15 is 0 Å². The minimum absolute atomic E-state index is 0.167. The maximum absolute atomic E-state index is 12.6. The van der Waals surface area contributed by atoms with Crippen LogP contribution in [0.25, 0.3) is 0 Å². The van der Waals surface area contributed by atoms with Crippen LogP contribution in [0, 0.1) is 23.7 Å². The van der Waals surface area contributed by atoms with Gasteiger partial charge in [0.1, 0.15) is 0 Å². The van der Waals surface area contributed by atoms with Gasteiger partial charge in [-0.05, 0) is 36.8 Å². The Labute approximate surface area is 143 Å². The summed E-state index contributed by atoms with van der Waals surface area (Å²) in [7, 11) is 0. The summed E-state index contributed by atoms with van der Waals surface area (Å²) in [5.41, 5.74) is 0.618. The van der Waals surface area contributed by atoms with Gasteiger partial charge in [-0.1, -0.05) is 41.4 Å². The molecule has 118 valence electrons. The lowest BCUT2D eigenvalue weighted by Gasteiger charge is -2.37. The third kappa shape index (κ3) is 2.32. The first-order valence-electron chi connectivity index (χ1n) is 7.61. The lowest BCUT2D eigenvalue weighted by Crippen LogP contribution is -2.38. The molecule has 23 heavy (non-hydrogen) atoms. The number of amides is 2. The zero-order valence-electron chi connectivity index (χ0n) is 12.2. The molecule has 6 heteroatoms. The van der Waals surface area contributed by atoms with Gasteiger partial charge in [-0.15, -0.1) is 0 Å².